The van der Waals surface area contributed by atoms with Gasteiger partial charge in [-0.25, -0.2) is 0 Å². The van der Waals surface area contributed by atoms with Crippen molar-refractivity contribution in [3.63, 3.8) is 0 Å². The van der Waals surface area contributed by atoms with Crippen molar-refractivity contribution < 1.29 is 23.8 Å². The van der Waals surface area contributed by atoms with Crippen LogP contribution in [0.4, 0.5) is 0 Å². The molecule has 0 fully saturated rings. The molecule has 0 amide bonds. The van der Waals surface area contributed by atoms with E-state index in [1.165, 1.54) is 24.9 Å². The van der Waals surface area contributed by atoms with Crippen molar-refractivity contribution in [1.29, 1.82) is 0 Å². The van der Waals surface area contributed by atoms with Crippen molar-refractivity contribution in [2.75, 3.05) is 14.2 Å². The summed E-state index contributed by atoms with van der Waals surface area (Å²) in [7, 11) is 4.60. The van der Waals surface area contributed by atoms with Gasteiger partial charge in [0.1, 0.15) is 11.5 Å². The molecule has 0 radical (unpaired) electrons. The van der Waals surface area contributed by atoms with E-state index in [9.17, 15) is 14.7 Å². The van der Waals surface area contributed by atoms with E-state index in [-0.39, 0.29) is 12.2 Å². The number of aromatic hydroxyl groups is 1. The quantitative estimate of drug-likeness (QED) is 0.430. The lowest BCUT2D eigenvalue weighted by Crippen LogP contribution is -2.13. The van der Waals surface area contributed by atoms with Crippen LogP contribution in [0.3, 0.4) is 0 Å². The zero-order chi connectivity index (χ0) is 21.7. The van der Waals surface area contributed by atoms with Gasteiger partial charge in [0, 0.05) is 29.8 Å². The van der Waals surface area contributed by atoms with Crippen molar-refractivity contribution in [3.05, 3.63) is 70.0 Å². The lowest BCUT2D eigenvalue weighted by atomic mass is 9.95. The first-order valence-corrected chi connectivity index (χ1v) is 10.1. The number of benzene rings is 1. The number of carbonyl (C=O) groups is 1. The molecule has 30 heavy (non-hydrogen) atoms. The Bertz CT molecular complexity index is 1090. The predicted octanol–water partition coefficient (Wildman–Crippen LogP) is 3.07. The molecule has 0 saturated carbocycles. The molecule has 0 aliphatic rings. The Kier molecular flexibility index (Phi) is 6.83. The van der Waals surface area contributed by atoms with Gasteiger partial charge in [0.25, 0.3) is 0 Å². The molecule has 2 aromatic heterocycles. The number of nitrogens with zero attached hydrogens (tertiary/aromatic N) is 2. The summed E-state index contributed by atoms with van der Waals surface area (Å²) < 4.78 is 17.5. The van der Waals surface area contributed by atoms with Crippen LogP contribution in [-0.4, -0.2) is 35.1 Å². The Balaban J connectivity index is 1.93. The minimum atomic E-state index is -0.708. The Morgan fingerprint density at radius 1 is 1.33 bits per heavy atom. The minimum absolute atomic E-state index is 0.0159. The molecule has 0 bridgehead atoms. The maximum absolute atomic E-state index is 12.4. The third-order valence-corrected chi connectivity index (χ3v) is 5.48. The van der Waals surface area contributed by atoms with Crippen LogP contribution in [-0.2, 0) is 22.3 Å². The number of hydrogen-bond acceptors (Lipinski definition) is 8. The maximum Gasteiger partial charge on any atom is 0.306 e. The number of carbonyl (C=O) groups excluding carboxylic acids is 1. The van der Waals surface area contributed by atoms with E-state index in [1.807, 2.05) is 24.3 Å². The number of hydrogen-bond donors (Lipinski definition) is 1. The molecule has 158 valence electrons. The molecule has 0 saturated heterocycles. The Morgan fingerprint density at radius 2 is 2.13 bits per heavy atom. The monoisotopic (exact) mass is 430 g/mol. The van der Waals surface area contributed by atoms with Gasteiger partial charge in [-0.2, -0.15) is 5.10 Å². The molecule has 2 heterocycles. The minimum Gasteiger partial charge on any atom is -0.502 e. The summed E-state index contributed by atoms with van der Waals surface area (Å²) in [6, 6.07) is 8.76. The molecule has 0 aliphatic carbocycles. The molecule has 1 N–H and O–H groups in total. The van der Waals surface area contributed by atoms with Crippen LogP contribution in [0.1, 0.15) is 29.4 Å². The second kappa shape index (κ2) is 9.53. The number of aromatic nitrogens is 2. The Hall–Kier alpha value is -3.20. The zero-order valence-corrected chi connectivity index (χ0v) is 17.6. The first-order chi connectivity index (χ1) is 14.4. The fraction of sp³-hybridized carbons (Fsp3) is 0.286. The van der Waals surface area contributed by atoms with E-state index in [1.54, 1.807) is 31.2 Å². The smallest absolute Gasteiger partial charge is 0.306 e. The number of rotatable bonds is 8. The van der Waals surface area contributed by atoms with E-state index in [0.717, 1.165) is 10.6 Å². The largest absolute Gasteiger partial charge is 0.502 e. The molecular weight excluding hydrogens is 408 g/mol. The number of methoxy groups -OCH3 is 2. The molecule has 1 atom stereocenters. The molecule has 9 heteroatoms. The molecule has 8 nitrogen and oxygen atoms in total. The Labute approximate surface area is 177 Å². The molecule has 1 unspecified atom stereocenters. The van der Waals surface area contributed by atoms with Crippen LogP contribution >= 0.6 is 11.8 Å². The summed E-state index contributed by atoms with van der Waals surface area (Å²) in [5, 5.41) is 14.5. The van der Waals surface area contributed by atoms with Gasteiger partial charge >= 0.3 is 5.97 Å². The second-order valence-corrected chi connectivity index (χ2v) is 7.59. The number of aryl methyl sites for hydroxylation is 1. The number of ether oxygens (including phenoxy) is 2. The maximum atomic E-state index is 12.4. The normalized spacial score (nSPS) is 11.8. The first kappa shape index (κ1) is 21.5. The molecule has 3 rings (SSSR count). The number of esters is 1. The fourth-order valence-corrected chi connectivity index (χ4v) is 3.77. The van der Waals surface area contributed by atoms with Gasteiger partial charge in [-0.3, -0.25) is 14.3 Å². The van der Waals surface area contributed by atoms with E-state index < -0.39 is 23.1 Å². The van der Waals surface area contributed by atoms with E-state index >= 15 is 0 Å². The summed E-state index contributed by atoms with van der Waals surface area (Å²) in [6.07, 6.45) is 3.15. The highest BCUT2D eigenvalue weighted by Gasteiger charge is 2.27. The molecule has 0 aliphatic heterocycles. The fourth-order valence-electron chi connectivity index (χ4n) is 2.94. The third-order valence-electron chi connectivity index (χ3n) is 4.46. The van der Waals surface area contributed by atoms with Crippen molar-refractivity contribution in [2.45, 2.75) is 23.0 Å². The average Bonchev–Trinajstić information content (AvgIpc) is 3.18. The van der Waals surface area contributed by atoms with Gasteiger partial charge in [-0.1, -0.05) is 6.07 Å². The highest BCUT2D eigenvalue weighted by molar-refractivity contribution is 7.98. The van der Waals surface area contributed by atoms with E-state index in [4.69, 9.17) is 13.9 Å². The van der Waals surface area contributed by atoms with Crippen molar-refractivity contribution in [2.24, 2.45) is 7.05 Å². The van der Waals surface area contributed by atoms with Crippen molar-refractivity contribution in [1.82, 2.24) is 9.78 Å². The van der Waals surface area contributed by atoms with Crippen LogP contribution in [0.2, 0.25) is 0 Å². The van der Waals surface area contributed by atoms with Crippen LogP contribution in [0, 0.1) is 0 Å². The summed E-state index contributed by atoms with van der Waals surface area (Å²) in [5.74, 6) is -0.261. The molecule has 3 aromatic rings. The first-order valence-electron chi connectivity index (χ1n) is 9.09. The molecule has 0 spiro atoms. The van der Waals surface area contributed by atoms with Crippen molar-refractivity contribution >= 4 is 17.7 Å². The molecular formula is C21H22N2O6S. The third kappa shape index (κ3) is 5.04. The van der Waals surface area contributed by atoms with Crippen molar-refractivity contribution in [3.8, 4) is 11.5 Å². The summed E-state index contributed by atoms with van der Waals surface area (Å²) >= 11 is 1.45. The van der Waals surface area contributed by atoms with Crippen LogP contribution in [0.5, 0.6) is 11.5 Å². The van der Waals surface area contributed by atoms with Crippen LogP contribution < -0.4 is 10.2 Å². The topological polar surface area (TPSA) is 104 Å². The van der Waals surface area contributed by atoms with Gasteiger partial charge in [-0.15, -0.1) is 11.8 Å². The van der Waals surface area contributed by atoms with Crippen LogP contribution in [0.25, 0.3) is 0 Å². The van der Waals surface area contributed by atoms with Gasteiger partial charge in [-0.05, 0) is 18.2 Å². The lowest BCUT2D eigenvalue weighted by molar-refractivity contribution is -0.140. The van der Waals surface area contributed by atoms with Gasteiger partial charge in [0.15, 0.2) is 5.76 Å². The predicted molar refractivity (Wildman–Crippen MR) is 111 cm³/mol. The SMILES string of the molecule is COC(=O)CC(c1cnn(C)c1)c1oc(CSc2cccc(OC)c2)cc(=O)c1O. The van der Waals surface area contributed by atoms with E-state index in [0.29, 0.717) is 17.1 Å². The summed E-state index contributed by atoms with van der Waals surface area (Å²) in [4.78, 5) is 25.3. The highest BCUT2D eigenvalue weighted by Crippen LogP contribution is 2.34. The summed E-state index contributed by atoms with van der Waals surface area (Å²) in [5.41, 5.74) is 0.0511. The standard InChI is InChI=1S/C21H22N2O6S/c1-23-11-13(10-22-23)17(9-19(25)28-3)21-20(26)18(24)8-15(29-21)12-30-16-6-4-5-14(7-16)27-2/h4-8,10-11,17,26H,9,12H2,1-3H3. The van der Waals surface area contributed by atoms with Crippen LogP contribution in [0.15, 0.2) is 56.8 Å². The average molecular weight is 430 g/mol. The Morgan fingerprint density at radius 3 is 2.80 bits per heavy atom. The van der Waals surface area contributed by atoms with Gasteiger partial charge in [0.2, 0.25) is 11.2 Å². The highest BCUT2D eigenvalue weighted by atomic mass is 32.2. The van der Waals surface area contributed by atoms with Gasteiger partial charge < -0.3 is 19.0 Å². The summed E-state index contributed by atoms with van der Waals surface area (Å²) in [6.45, 7) is 0. The number of thioether (sulfide) groups is 1. The lowest BCUT2D eigenvalue weighted by Gasteiger charge is -2.15. The zero-order valence-electron chi connectivity index (χ0n) is 16.8. The van der Waals surface area contributed by atoms with Gasteiger partial charge in [0.05, 0.1) is 38.5 Å². The molecule has 1 aromatic carbocycles. The van der Waals surface area contributed by atoms with E-state index in [2.05, 4.69) is 5.10 Å². The second-order valence-electron chi connectivity index (χ2n) is 6.54.